The average molecular weight is 366 g/mol. The number of nitrogens with zero attached hydrogens (tertiary/aromatic N) is 1. The van der Waals surface area contributed by atoms with Crippen molar-refractivity contribution in [1.29, 1.82) is 0 Å². The number of nitrogens with two attached hydrogens (primary N) is 1. The van der Waals surface area contributed by atoms with E-state index in [1.165, 1.54) is 0 Å². The number of benzene rings is 2. The second kappa shape index (κ2) is 8.01. The number of likely N-dealkylation sites (tertiary alicyclic amines) is 1. The van der Waals surface area contributed by atoms with Gasteiger partial charge in [0.15, 0.2) is 18.1 Å². The van der Waals surface area contributed by atoms with Crippen LogP contribution in [0.2, 0.25) is 0 Å². The molecule has 2 aromatic carbocycles. The van der Waals surface area contributed by atoms with E-state index in [1.54, 1.807) is 0 Å². The summed E-state index contributed by atoms with van der Waals surface area (Å²) in [5.74, 6) is 2.28. The summed E-state index contributed by atoms with van der Waals surface area (Å²) in [7, 11) is 0. The van der Waals surface area contributed by atoms with E-state index in [-0.39, 0.29) is 18.6 Å². The summed E-state index contributed by atoms with van der Waals surface area (Å²) in [6, 6.07) is 17.7. The minimum Gasteiger partial charge on any atom is -0.485 e. The molecule has 0 bridgehead atoms. The Hall–Kier alpha value is -2.53. The lowest BCUT2D eigenvalue weighted by molar-refractivity contribution is -0.132. The van der Waals surface area contributed by atoms with Crippen LogP contribution in [0.15, 0.2) is 54.6 Å². The van der Waals surface area contributed by atoms with Crippen molar-refractivity contribution in [3.8, 4) is 11.5 Å². The zero-order chi connectivity index (χ0) is 18.6. The first-order valence-corrected chi connectivity index (χ1v) is 9.62. The molecule has 2 fully saturated rings. The van der Waals surface area contributed by atoms with Crippen LogP contribution < -0.4 is 15.2 Å². The molecule has 1 aliphatic heterocycles. The lowest BCUT2D eigenvalue weighted by atomic mass is 9.98. The highest BCUT2D eigenvalue weighted by Crippen LogP contribution is 2.37. The molecule has 0 spiro atoms. The Balaban J connectivity index is 1.32. The van der Waals surface area contributed by atoms with Crippen LogP contribution in [0.1, 0.15) is 18.4 Å². The van der Waals surface area contributed by atoms with Gasteiger partial charge in [-0.15, -0.1) is 0 Å². The average Bonchev–Trinajstić information content (AvgIpc) is 3.28. The molecule has 4 rings (SSSR count). The molecule has 3 atom stereocenters. The van der Waals surface area contributed by atoms with Crippen molar-refractivity contribution < 1.29 is 14.3 Å². The van der Waals surface area contributed by atoms with Gasteiger partial charge in [0.1, 0.15) is 6.61 Å². The second-order valence-corrected chi connectivity index (χ2v) is 7.47. The maximum Gasteiger partial charge on any atom is 0.260 e. The number of ether oxygens (including phenoxy) is 2. The molecule has 1 saturated carbocycles. The van der Waals surface area contributed by atoms with Crippen LogP contribution in [0.25, 0.3) is 0 Å². The van der Waals surface area contributed by atoms with E-state index in [1.807, 2.05) is 59.5 Å². The molecule has 1 aliphatic carbocycles. The lowest BCUT2D eigenvalue weighted by Gasteiger charge is -2.19. The van der Waals surface area contributed by atoms with E-state index in [4.69, 9.17) is 15.2 Å². The lowest BCUT2D eigenvalue weighted by Crippen LogP contribution is -2.36. The zero-order valence-electron chi connectivity index (χ0n) is 15.4. The first-order chi connectivity index (χ1) is 13.2. The standard InChI is InChI=1S/C22H26N2O3/c23-19-11-10-17-12-24(13-18(17)19)22(25)15-27-21-9-5-4-8-20(21)26-14-16-6-2-1-3-7-16/h1-9,17-19H,10-15,23H2. The molecule has 1 amide bonds. The topological polar surface area (TPSA) is 64.8 Å². The third-order valence-corrected chi connectivity index (χ3v) is 5.70. The van der Waals surface area contributed by atoms with Gasteiger partial charge in [0.05, 0.1) is 0 Å². The van der Waals surface area contributed by atoms with Gasteiger partial charge in [-0.25, -0.2) is 0 Å². The van der Waals surface area contributed by atoms with Gasteiger partial charge in [-0.3, -0.25) is 4.79 Å². The van der Waals surface area contributed by atoms with Gasteiger partial charge in [0.2, 0.25) is 0 Å². The Bertz CT molecular complexity index is 780. The molecule has 0 radical (unpaired) electrons. The summed E-state index contributed by atoms with van der Waals surface area (Å²) in [6.07, 6.45) is 2.21. The number of hydrogen-bond acceptors (Lipinski definition) is 4. The van der Waals surface area contributed by atoms with Crippen molar-refractivity contribution in [2.75, 3.05) is 19.7 Å². The highest BCUT2D eigenvalue weighted by molar-refractivity contribution is 5.78. The number of amides is 1. The summed E-state index contributed by atoms with van der Waals surface area (Å²) in [4.78, 5) is 14.5. The predicted molar refractivity (Wildman–Crippen MR) is 103 cm³/mol. The van der Waals surface area contributed by atoms with Crippen molar-refractivity contribution in [3.05, 3.63) is 60.2 Å². The van der Waals surface area contributed by atoms with Gasteiger partial charge in [-0.1, -0.05) is 42.5 Å². The number of hydrogen-bond donors (Lipinski definition) is 1. The van der Waals surface area contributed by atoms with E-state index in [0.29, 0.717) is 29.9 Å². The minimum absolute atomic E-state index is 0.0227. The quantitative estimate of drug-likeness (QED) is 0.854. The Morgan fingerprint density at radius 2 is 1.67 bits per heavy atom. The first-order valence-electron chi connectivity index (χ1n) is 9.62. The molecule has 3 unspecified atom stereocenters. The third-order valence-electron chi connectivity index (χ3n) is 5.70. The number of carbonyl (C=O) groups excluding carboxylic acids is 1. The van der Waals surface area contributed by atoms with Crippen molar-refractivity contribution in [3.63, 3.8) is 0 Å². The smallest absolute Gasteiger partial charge is 0.260 e. The van der Waals surface area contributed by atoms with E-state index in [2.05, 4.69) is 0 Å². The highest BCUT2D eigenvalue weighted by atomic mass is 16.5. The van der Waals surface area contributed by atoms with Gasteiger partial charge < -0.3 is 20.1 Å². The summed E-state index contributed by atoms with van der Waals surface area (Å²) >= 11 is 0. The monoisotopic (exact) mass is 366 g/mol. The number of fused-ring (bicyclic) bond motifs is 1. The molecule has 5 nitrogen and oxygen atoms in total. The SMILES string of the molecule is NC1CCC2CN(C(=O)COc3ccccc3OCc3ccccc3)CC12. The molecule has 5 heteroatoms. The van der Waals surface area contributed by atoms with Gasteiger partial charge >= 0.3 is 0 Å². The fourth-order valence-corrected chi connectivity index (χ4v) is 4.17. The predicted octanol–water partition coefficient (Wildman–Crippen LogP) is 2.84. The summed E-state index contributed by atoms with van der Waals surface area (Å²) in [5, 5.41) is 0. The maximum atomic E-state index is 12.6. The Morgan fingerprint density at radius 1 is 0.963 bits per heavy atom. The third kappa shape index (κ3) is 4.08. The van der Waals surface area contributed by atoms with Gasteiger partial charge in [0, 0.05) is 19.1 Å². The fraction of sp³-hybridized carbons (Fsp3) is 0.409. The maximum absolute atomic E-state index is 12.6. The Morgan fingerprint density at radius 3 is 2.41 bits per heavy atom. The number of rotatable bonds is 6. The Kier molecular flexibility index (Phi) is 5.30. The van der Waals surface area contributed by atoms with Crippen molar-refractivity contribution in [2.45, 2.75) is 25.5 Å². The van der Waals surface area contributed by atoms with Crippen LogP contribution >= 0.6 is 0 Å². The largest absolute Gasteiger partial charge is 0.485 e. The van der Waals surface area contributed by atoms with Crippen LogP contribution in [0.4, 0.5) is 0 Å². The molecule has 2 aliphatic rings. The van der Waals surface area contributed by atoms with Crippen LogP contribution in [-0.4, -0.2) is 36.5 Å². The Labute approximate surface area is 160 Å². The van der Waals surface area contributed by atoms with E-state index >= 15 is 0 Å². The fourth-order valence-electron chi connectivity index (χ4n) is 4.17. The molecule has 2 aromatic rings. The van der Waals surface area contributed by atoms with Crippen molar-refractivity contribution in [2.24, 2.45) is 17.6 Å². The van der Waals surface area contributed by atoms with Crippen LogP contribution in [-0.2, 0) is 11.4 Å². The van der Waals surface area contributed by atoms with Gasteiger partial charge in [-0.2, -0.15) is 0 Å². The molecule has 0 aromatic heterocycles. The van der Waals surface area contributed by atoms with Crippen LogP contribution in [0.5, 0.6) is 11.5 Å². The second-order valence-electron chi connectivity index (χ2n) is 7.47. The van der Waals surface area contributed by atoms with E-state index in [9.17, 15) is 4.79 Å². The number of para-hydroxylation sites is 2. The molecule has 27 heavy (non-hydrogen) atoms. The summed E-state index contributed by atoms with van der Waals surface area (Å²) in [6.45, 7) is 2.07. The van der Waals surface area contributed by atoms with Crippen LogP contribution in [0.3, 0.4) is 0 Å². The van der Waals surface area contributed by atoms with E-state index < -0.39 is 0 Å². The van der Waals surface area contributed by atoms with Gasteiger partial charge in [0.25, 0.3) is 5.91 Å². The first kappa shape index (κ1) is 17.9. The van der Waals surface area contributed by atoms with Crippen LogP contribution in [0, 0.1) is 11.8 Å². The molecule has 2 N–H and O–H groups in total. The number of carbonyl (C=O) groups is 1. The molecular formula is C22H26N2O3. The zero-order valence-corrected chi connectivity index (χ0v) is 15.4. The summed E-state index contributed by atoms with van der Waals surface area (Å²) < 4.78 is 11.7. The van der Waals surface area contributed by atoms with Crippen molar-refractivity contribution in [1.82, 2.24) is 4.90 Å². The molecule has 142 valence electrons. The summed E-state index contributed by atoms with van der Waals surface area (Å²) in [5.41, 5.74) is 7.25. The molecule has 1 saturated heterocycles. The normalized spacial score (nSPS) is 23.9. The highest BCUT2D eigenvalue weighted by Gasteiger charge is 2.42. The van der Waals surface area contributed by atoms with Crippen molar-refractivity contribution >= 4 is 5.91 Å². The van der Waals surface area contributed by atoms with Gasteiger partial charge in [-0.05, 0) is 42.4 Å². The van der Waals surface area contributed by atoms with E-state index in [0.717, 1.165) is 31.5 Å². The minimum atomic E-state index is 0.0227. The molecular weight excluding hydrogens is 340 g/mol. The molecule has 1 heterocycles.